The molecule has 26 heavy (non-hydrogen) atoms. The van der Waals surface area contributed by atoms with Crippen LogP contribution in [0.1, 0.15) is 31.1 Å². The molecule has 0 aliphatic carbocycles. The van der Waals surface area contributed by atoms with E-state index in [0.717, 1.165) is 75.4 Å². The number of aliphatic imine (C=N–C) groups is 1. The van der Waals surface area contributed by atoms with Crippen molar-refractivity contribution in [1.82, 2.24) is 10.2 Å². The molecule has 0 unspecified atom stereocenters. The molecule has 1 aliphatic heterocycles. The van der Waals surface area contributed by atoms with Crippen LogP contribution in [0.15, 0.2) is 17.1 Å². The van der Waals surface area contributed by atoms with Crippen LogP contribution in [-0.2, 0) is 15.9 Å². The molecule has 0 spiro atoms. The molecule has 0 atom stereocenters. The predicted molar refractivity (Wildman–Crippen MR) is 121 cm³/mol. The minimum absolute atomic E-state index is 0. The molecule has 0 bridgehead atoms. The number of ether oxygens (including phenoxy) is 2. The summed E-state index contributed by atoms with van der Waals surface area (Å²) in [6.07, 6.45) is 4.37. The van der Waals surface area contributed by atoms with Gasteiger partial charge in [-0.05, 0) is 38.3 Å². The zero-order valence-electron chi connectivity index (χ0n) is 15.7. The second-order valence-corrected chi connectivity index (χ2v) is 7.89. The number of thiophene rings is 1. The van der Waals surface area contributed by atoms with E-state index in [1.165, 1.54) is 4.88 Å². The quantitative estimate of drug-likeness (QED) is 0.233. The Labute approximate surface area is 183 Å². The minimum Gasteiger partial charge on any atom is -0.385 e. The van der Waals surface area contributed by atoms with E-state index in [1.807, 2.05) is 6.07 Å². The maximum atomic E-state index is 5.98. The van der Waals surface area contributed by atoms with Gasteiger partial charge in [0.15, 0.2) is 5.96 Å². The average Bonchev–Trinajstić information content (AvgIpc) is 3.04. The number of hydrogen-bond acceptors (Lipinski definition) is 4. The molecule has 1 aliphatic rings. The van der Waals surface area contributed by atoms with Crippen LogP contribution in [0.2, 0.25) is 4.34 Å². The Bertz CT molecular complexity index is 522. The van der Waals surface area contributed by atoms with Crippen molar-refractivity contribution in [3.63, 3.8) is 0 Å². The molecule has 2 rings (SSSR count). The molecule has 0 saturated carbocycles. The highest BCUT2D eigenvalue weighted by atomic mass is 127. The number of guanidine groups is 1. The van der Waals surface area contributed by atoms with Crippen molar-refractivity contribution in [3.05, 3.63) is 21.3 Å². The van der Waals surface area contributed by atoms with Crippen LogP contribution in [0.4, 0.5) is 0 Å². The maximum absolute atomic E-state index is 5.98. The van der Waals surface area contributed by atoms with E-state index in [9.17, 15) is 0 Å². The Morgan fingerprint density at radius 1 is 1.35 bits per heavy atom. The van der Waals surface area contributed by atoms with E-state index in [1.54, 1.807) is 18.4 Å². The van der Waals surface area contributed by atoms with Crippen LogP contribution in [-0.4, -0.2) is 63.5 Å². The first-order chi connectivity index (χ1) is 12.2. The number of likely N-dealkylation sites (tertiary alicyclic amines) is 1. The van der Waals surface area contributed by atoms with Crippen molar-refractivity contribution in [2.75, 3.05) is 46.5 Å². The lowest BCUT2D eigenvalue weighted by Gasteiger charge is -2.34. The van der Waals surface area contributed by atoms with Crippen LogP contribution in [0.3, 0.4) is 0 Å². The van der Waals surface area contributed by atoms with Crippen LogP contribution in [0.25, 0.3) is 0 Å². The molecule has 1 N–H and O–H groups in total. The lowest BCUT2D eigenvalue weighted by molar-refractivity contribution is 0.00991. The molecule has 150 valence electrons. The summed E-state index contributed by atoms with van der Waals surface area (Å²) in [5, 5.41) is 3.41. The van der Waals surface area contributed by atoms with E-state index in [2.05, 4.69) is 23.2 Å². The number of methoxy groups -OCH3 is 1. The van der Waals surface area contributed by atoms with E-state index < -0.39 is 0 Å². The molecule has 1 saturated heterocycles. The van der Waals surface area contributed by atoms with Gasteiger partial charge < -0.3 is 19.7 Å². The second kappa shape index (κ2) is 14.0. The van der Waals surface area contributed by atoms with Gasteiger partial charge in [-0.1, -0.05) is 11.6 Å². The number of hydrogen-bond donors (Lipinski definition) is 1. The van der Waals surface area contributed by atoms with Gasteiger partial charge in [0.2, 0.25) is 0 Å². The van der Waals surface area contributed by atoms with Crippen LogP contribution in [0.5, 0.6) is 0 Å². The van der Waals surface area contributed by atoms with Gasteiger partial charge in [0, 0.05) is 57.8 Å². The highest BCUT2D eigenvalue weighted by molar-refractivity contribution is 14.0. The predicted octanol–water partition coefficient (Wildman–Crippen LogP) is 4.05. The van der Waals surface area contributed by atoms with Crippen molar-refractivity contribution in [2.45, 2.75) is 38.7 Å². The Kier molecular flexibility index (Phi) is 12.9. The van der Waals surface area contributed by atoms with E-state index in [-0.39, 0.29) is 24.0 Å². The van der Waals surface area contributed by atoms with Gasteiger partial charge >= 0.3 is 0 Å². The SMILES string of the molecule is CCNC(=NCCc1ccc(Cl)s1)N1CCC(OCCCOC)CC1.I. The highest BCUT2D eigenvalue weighted by Crippen LogP contribution is 2.21. The van der Waals surface area contributed by atoms with Crippen LogP contribution < -0.4 is 5.32 Å². The third-order valence-electron chi connectivity index (χ3n) is 4.17. The average molecular weight is 516 g/mol. The summed E-state index contributed by atoms with van der Waals surface area (Å²) in [5.74, 6) is 1.02. The number of nitrogens with zero attached hydrogens (tertiary/aromatic N) is 2. The fourth-order valence-electron chi connectivity index (χ4n) is 2.87. The first-order valence-electron chi connectivity index (χ1n) is 9.11. The zero-order chi connectivity index (χ0) is 17.9. The molecule has 0 radical (unpaired) electrons. The number of rotatable bonds is 9. The largest absolute Gasteiger partial charge is 0.385 e. The van der Waals surface area contributed by atoms with E-state index in [4.69, 9.17) is 26.1 Å². The molecular weight excluding hydrogens is 485 g/mol. The monoisotopic (exact) mass is 515 g/mol. The molecular formula is C18H31ClIN3O2S. The van der Waals surface area contributed by atoms with Crippen molar-refractivity contribution in [3.8, 4) is 0 Å². The minimum atomic E-state index is 0. The topological polar surface area (TPSA) is 46.1 Å². The smallest absolute Gasteiger partial charge is 0.193 e. The van der Waals surface area contributed by atoms with Crippen molar-refractivity contribution >= 4 is 52.9 Å². The summed E-state index contributed by atoms with van der Waals surface area (Å²) in [6, 6.07) is 4.04. The van der Waals surface area contributed by atoms with Gasteiger partial charge in [0.25, 0.3) is 0 Å². The summed E-state index contributed by atoms with van der Waals surface area (Å²) < 4.78 is 11.8. The fraction of sp³-hybridized carbons (Fsp3) is 0.722. The lowest BCUT2D eigenvalue weighted by Crippen LogP contribution is -2.47. The van der Waals surface area contributed by atoms with E-state index >= 15 is 0 Å². The molecule has 1 aromatic heterocycles. The Balaban J connectivity index is 0.00000338. The highest BCUT2D eigenvalue weighted by Gasteiger charge is 2.21. The Hall–Kier alpha value is -0.0900. The summed E-state index contributed by atoms with van der Waals surface area (Å²) in [5.41, 5.74) is 0. The number of nitrogens with one attached hydrogen (secondary N) is 1. The van der Waals surface area contributed by atoms with Gasteiger partial charge in [0.05, 0.1) is 10.4 Å². The van der Waals surface area contributed by atoms with Gasteiger partial charge in [-0.2, -0.15) is 0 Å². The van der Waals surface area contributed by atoms with Crippen LogP contribution >= 0.6 is 46.9 Å². The summed E-state index contributed by atoms with van der Waals surface area (Å²) in [7, 11) is 1.73. The Morgan fingerprint density at radius 3 is 2.73 bits per heavy atom. The molecule has 0 amide bonds. The molecule has 2 heterocycles. The van der Waals surface area contributed by atoms with Gasteiger partial charge in [-0.3, -0.25) is 4.99 Å². The lowest BCUT2D eigenvalue weighted by atomic mass is 10.1. The summed E-state index contributed by atoms with van der Waals surface area (Å²) in [4.78, 5) is 8.42. The van der Waals surface area contributed by atoms with Gasteiger partial charge in [0.1, 0.15) is 0 Å². The van der Waals surface area contributed by atoms with Crippen molar-refractivity contribution < 1.29 is 9.47 Å². The zero-order valence-corrected chi connectivity index (χ0v) is 19.6. The third kappa shape index (κ3) is 8.73. The maximum Gasteiger partial charge on any atom is 0.193 e. The standard InChI is InChI=1S/C18H30ClN3O2S.HI/c1-3-20-18(21-10-7-16-5-6-17(19)25-16)22-11-8-15(9-12-22)24-14-4-13-23-2;/h5-6,15H,3-4,7-14H2,1-2H3,(H,20,21);1H. The first-order valence-corrected chi connectivity index (χ1v) is 10.3. The van der Waals surface area contributed by atoms with Gasteiger partial charge in [-0.15, -0.1) is 35.3 Å². The van der Waals surface area contributed by atoms with Crippen molar-refractivity contribution in [2.24, 2.45) is 4.99 Å². The van der Waals surface area contributed by atoms with Crippen LogP contribution in [0, 0.1) is 0 Å². The molecule has 0 aromatic carbocycles. The Morgan fingerprint density at radius 2 is 2.12 bits per heavy atom. The first kappa shape index (κ1) is 23.9. The number of piperidine rings is 1. The normalized spacial score (nSPS) is 15.8. The number of halogens is 2. The summed E-state index contributed by atoms with van der Waals surface area (Å²) in [6.45, 7) is 7.32. The van der Waals surface area contributed by atoms with E-state index in [0.29, 0.717) is 6.10 Å². The molecule has 5 nitrogen and oxygen atoms in total. The second-order valence-electron chi connectivity index (χ2n) is 6.10. The van der Waals surface area contributed by atoms with Crippen molar-refractivity contribution in [1.29, 1.82) is 0 Å². The third-order valence-corrected chi connectivity index (χ3v) is 5.46. The molecule has 1 fully saturated rings. The van der Waals surface area contributed by atoms with Gasteiger partial charge in [-0.25, -0.2) is 0 Å². The fourth-order valence-corrected chi connectivity index (χ4v) is 3.95. The summed E-state index contributed by atoms with van der Waals surface area (Å²) >= 11 is 7.62. The molecule has 8 heteroatoms. The molecule has 1 aromatic rings.